The monoisotopic (exact) mass is 265 g/mol. The minimum Gasteiger partial charge on any atom is -0.465 e. The first-order valence-corrected chi connectivity index (χ1v) is 7.23. The zero-order chi connectivity index (χ0) is 13.1. The molecule has 1 aliphatic heterocycles. The van der Waals surface area contributed by atoms with E-state index in [2.05, 4.69) is 4.74 Å². The molecule has 0 aromatic heterocycles. The summed E-state index contributed by atoms with van der Waals surface area (Å²) in [6.07, 6.45) is 1.16. The van der Waals surface area contributed by atoms with Crippen molar-refractivity contribution in [2.24, 2.45) is 0 Å². The number of hydrogen-bond donors (Lipinski definition) is 1. The molecule has 1 saturated heterocycles. The first-order valence-electron chi connectivity index (χ1n) is 5.63. The molecule has 0 aromatic rings. The van der Waals surface area contributed by atoms with Gasteiger partial charge in [0.15, 0.2) is 5.75 Å². The number of carbonyl (C=O) groups is 1. The topological polar surface area (TPSA) is 83.9 Å². The summed E-state index contributed by atoms with van der Waals surface area (Å²) in [4.78, 5) is 11.2. The number of piperidine rings is 1. The summed E-state index contributed by atoms with van der Waals surface area (Å²) >= 11 is 0. The van der Waals surface area contributed by atoms with Gasteiger partial charge in [-0.2, -0.15) is 4.31 Å². The Kier molecular flexibility index (Phi) is 4.51. The first-order chi connectivity index (χ1) is 7.77. The molecule has 1 atom stereocenters. The first kappa shape index (κ1) is 14.4. The molecule has 0 radical (unpaired) electrons. The molecule has 100 valence electrons. The van der Waals surface area contributed by atoms with Crippen LogP contribution in [0.1, 0.15) is 26.7 Å². The van der Waals surface area contributed by atoms with Crippen LogP contribution in [0.2, 0.25) is 0 Å². The number of β-amino-alcohol motifs (C(OH)–C–C–N with tert-alkyl or cyclic N) is 1. The molecule has 1 N–H and O–H groups in total. The minimum atomic E-state index is -3.68. The second-order valence-electron chi connectivity index (χ2n) is 4.50. The highest BCUT2D eigenvalue weighted by molar-refractivity contribution is 7.89. The molecule has 0 aliphatic carbocycles. The molecule has 1 heterocycles. The molecule has 0 amide bonds. The highest BCUT2D eigenvalue weighted by Crippen LogP contribution is 2.22. The van der Waals surface area contributed by atoms with Crippen molar-refractivity contribution in [3.63, 3.8) is 0 Å². The molecule has 1 unspecified atom stereocenters. The Labute approximate surface area is 102 Å². The molecule has 0 spiro atoms. The third-order valence-electron chi connectivity index (χ3n) is 2.64. The van der Waals surface area contributed by atoms with Gasteiger partial charge in [0, 0.05) is 13.1 Å². The van der Waals surface area contributed by atoms with E-state index in [4.69, 9.17) is 0 Å². The van der Waals surface area contributed by atoms with Gasteiger partial charge >= 0.3 is 5.97 Å². The molecule has 6 nitrogen and oxygen atoms in total. The summed E-state index contributed by atoms with van der Waals surface area (Å²) in [6, 6.07) is 0. The summed E-state index contributed by atoms with van der Waals surface area (Å²) in [5.74, 6) is -1.41. The van der Waals surface area contributed by atoms with Crippen molar-refractivity contribution in [2.75, 3.05) is 25.4 Å². The van der Waals surface area contributed by atoms with E-state index >= 15 is 0 Å². The number of esters is 1. The fraction of sp³-hybridized carbons (Fsp3) is 0.900. The smallest absolute Gasteiger partial charge is 0.322 e. The van der Waals surface area contributed by atoms with Crippen molar-refractivity contribution in [3.8, 4) is 0 Å². The lowest BCUT2D eigenvalue weighted by Gasteiger charge is -2.35. The van der Waals surface area contributed by atoms with Crippen LogP contribution in [-0.2, 0) is 19.6 Å². The zero-order valence-electron chi connectivity index (χ0n) is 10.2. The molecule has 1 fully saturated rings. The number of aliphatic hydroxyl groups is 1. The Morgan fingerprint density at radius 2 is 2.18 bits per heavy atom. The number of hydrogen-bond acceptors (Lipinski definition) is 5. The Morgan fingerprint density at radius 3 is 2.71 bits per heavy atom. The van der Waals surface area contributed by atoms with Crippen LogP contribution in [-0.4, -0.2) is 54.8 Å². The summed E-state index contributed by atoms with van der Waals surface area (Å²) in [7, 11) is -3.68. The van der Waals surface area contributed by atoms with E-state index in [0.717, 1.165) is 4.31 Å². The van der Waals surface area contributed by atoms with E-state index in [9.17, 15) is 18.3 Å². The van der Waals surface area contributed by atoms with Gasteiger partial charge in [0.25, 0.3) is 0 Å². The maximum Gasteiger partial charge on any atom is 0.322 e. The van der Waals surface area contributed by atoms with E-state index in [-0.39, 0.29) is 13.2 Å². The second-order valence-corrected chi connectivity index (χ2v) is 6.46. The lowest BCUT2D eigenvalue weighted by Crippen LogP contribution is -2.49. The van der Waals surface area contributed by atoms with Crippen LogP contribution in [0.15, 0.2) is 0 Å². The van der Waals surface area contributed by atoms with Crippen molar-refractivity contribution < 1.29 is 23.1 Å². The van der Waals surface area contributed by atoms with Crippen LogP contribution in [0.25, 0.3) is 0 Å². The van der Waals surface area contributed by atoms with Crippen molar-refractivity contribution in [1.29, 1.82) is 0 Å². The van der Waals surface area contributed by atoms with Crippen molar-refractivity contribution in [2.45, 2.75) is 32.3 Å². The third kappa shape index (κ3) is 4.25. The van der Waals surface area contributed by atoms with E-state index in [1.807, 2.05) is 0 Å². The van der Waals surface area contributed by atoms with Crippen LogP contribution < -0.4 is 0 Å². The largest absolute Gasteiger partial charge is 0.465 e. The predicted octanol–water partition coefficient (Wildman–Crippen LogP) is -0.274. The molecular weight excluding hydrogens is 246 g/mol. The zero-order valence-corrected chi connectivity index (χ0v) is 11.0. The van der Waals surface area contributed by atoms with E-state index in [0.29, 0.717) is 19.4 Å². The Morgan fingerprint density at radius 1 is 1.53 bits per heavy atom. The van der Waals surface area contributed by atoms with E-state index < -0.39 is 27.3 Å². The van der Waals surface area contributed by atoms with E-state index in [1.165, 1.54) is 0 Å². The molecule has 7 heteroatoms. The Balaban J connectivity index is 2.67. The maximum atomic E-state index is 11.9. The molecule has 0 aromatic carbocycles. The maximum absolute atomic E-state index is 11.9. The lowest BCUT2D eigenvalue weighted by atomic mass is 9.97. The van der Waals surface area contributed by atoms with Gasteiger partial charge in [-0.15, -0.1) is 0 Å². The predicted molar refractivity (Wildman–Crippen MR) is 61.9 cm³/mol. The van der Waals surface area contributed by atoms with Crippen molar-refractivity contribution >= 4 is 16.0 Å². The number of rotatable bonds is 4. The molecule has 1 aliphatic rings. The van der Waals surface area contributed by atoms with Crippen LogP contribution in [0.5, 0.6) is 0 Å². The van der Waals surface area contributed by atoms with Gasteiger partial charge in [-0.1, -0.05) is 0 Å². The fourth-order valence-electron chi connectivity index (χ4n) is 1.85. The average molecular weight is 265 g/mol. The number of nitrogens with zero attached hydrogens (tertiary/aromatic N) is 1. The Bertz CT molecular complexity index is 376. The average Bonchev–Trinajstić information content (AvgIpc) is 2.15. The molecule has 1 rings (SSSR count). The lowest BCUT2D eigenvalue weighted by molar-refractivity contribution is -0.140. The number of sulfonamides is 1. The quantitative estimate of drug-likeness (QED) is 0.707. The molecular formula is C10H19NO5S. The Hall–Kier alpha value is -0.660. The minimum absolute atomic E-state index is 0.0364. The van der Waals surface area contributed by atoms with Gasteiger partial charge in [-0.3, -0.25) is 4.79 Å². The summed E-state index contributed by atoms with van der Waals surface area (Å²) in [5.41, 5.74) is -1.01. The van der Waals surface area contributed by atoms with Gasteiger partial charge in [-0.25, -0.2) is 8.42 Å². The summed E-state index contributed by atoms with van der Waals surface area (Å²) in [5, 5.41) is 9.82. The van der Waals surface area contributed by atoms with Crippen LogP contribution >= 0.6 is 0 Å². The highest BCUT2D eigenvalue weighted by atomic mass is 32.2. The number of ether oxygens (including phenoxy) is 1. The normalized spacial score (nSPS) is 26.8. The standard InChI is InChI=1S/C10H19NO5S/c1-3-16-9(12)7-17(14,15)11-6-4-5-10(2,13)8-11/h13H,3-8H2,1-2H3. The van der Waals surface area contributed by atoms with Gasteiger partial charge in [-0.05, 0) is 26.7 Å². The van der Waals surface area contributed by atoms with Crippen LogP contribution in [0.3, 0.4) is 0 Å². The second kappa shape index (κ2) is 5.32. The van der Waals surface area contributed by atoms with Crippen LogP contribution in [0.4, 0.5) is 0 Å². The number of carbonyl (C=O) groups excluding carboxylic acids is 1. The van der Waals surface area contributed by atoms with Crippen LogP contribution in [0, 0.1) is 0 Å². The fourth-order valence-corrected chi connectivity index (χ4v) is 3.30. The molecule has 17 heavy (non-hydrogen) atoms. The van der Waals surface area contributed by atoms with Gasteiger partial charge in [0.1, 0.15) is 0 Å². The third-order valence-corrected chi connectivity index (χ3v) is 4.34. The molecule has 0 saturated carbocycles. The van der Waals surface area contributed by atoms with E-state index in [1.54, 1.807) is 13.8 Å². The van der Waals surface area contributed by atoms with Gasteiger partial charge in [0.05, 0.1) is 12.2 Å². The molecule has 0 bridgehead atoms. The van der Waals surface area contributed by atoms with Crippen molar-refractivity contribution in [1.82, 2.24) is 4.31 Å². The van der Waals surface area contributed by atoms with Crippen molar-refractivity contribution in [3.05, 3.63) is 0 Å². The summed E-state index contributed by atoms with van der Waals surface area (Å²) in [6.45, 7) is 3.76. The SMILES string of the molecule is CCOC(=O)CS(=O)(=O)N1CCCC(C)(O)C1. The summed E-state index contributed by atoms with van der Waals surface area (Å²) < 4.78 is 29.5. The highest BCUT2D eigenvalue weighted by Gasteiger charge is 2.35. The van der Waals surface area contributed by atoms with Gasteiger partial charge in [0.2, 0.25) is 10.0 Å². The van der Waals surface area contributed by atoms with Gasteiger partial charge < -0.3 is 9.84 Å².